The summed E-state index contributed by atoms with van der Waals surface area (Å²) in [5.41, 5.74) is 3.18. The molecular formula is C25H21BrN6O. The summed E-state index contributed by atoms with van der Waals surface area (Å²) in [6.07, 6.45) is 9.48. The number of hydrogen-bond donors (Lipinski definition) is 1. The largest absolute Gasteiger partial charge is 0.351 e. The smallest absolute Gasteiger partial charge is 0.261 e. The highest BCUT2D eigenvalue weighted by atomic mass is 79.9. The number of carbonyl (C=O) groups excluding carboxylic acids is 1. The Morgan fingerprint density at radius 3 is 2.64 bits per heavy atom. The zero-order chi connectivity index (χ0) is 23.0. The number of rotatable bonds is 8. The normalized spacial score (nSPS) is 11.2. The van der Waals surface area contributed by atoms with Gasteiger partial charge in [0, 0.05) is 47.3 Å². The molecule has 0 fully saturated rings. The minimum Gasteiger partial charge on any atom is -0.351 e. The van der Waals surface area contributed by atoms with Crippen molar-refractivity contribution in [1.29, 1.82) is 5.26 Å². The van der Waals surface area contributed by atoms with Crippen LogP contribution in [0.1, 0.15) is 12.0 Å². The number of nitrogens with zero attached hydrogens (tertiary/aromatic N) is 5. The van der Waals surface area contributed by atoms with Crippen LogP contribution in [0.25, 0.3) is 23.0 Å². The fourth-order valence-electron chi connectivity index (χ4n) is 3.32. The molecule has 33 heavy (non-hydrogen) atoms. The van der Waals surface area contributed by atoms with Gasteiger partial charge in [-0.1, -0.05) is 46.3 Å². The van der Waals surface area contributed by atoms with Gasteiger partial charge in [0.15, 0.2) is 0 Å². The molecule has 0 aliphatic rings. The molecule has 0 atom stereocenters. The molecule has 7 nitrogen and oxygen atoms in total. The van der Waals surface area contributed by atoms with Crippen molar-refractivity contribution in [2.75, 3.05) is 6.54 Å². The van der Waals surface area contributed by atoms with Crippen LogP contribution in [-0.2, 0) is 11.3 Å². The van der Waals surface area contributed by atoms with Crippen molar-refractivity contribution < 1.29 is 4.79 Å². The SMILES string of the molecule is N#C/C(=C\c1cn(-c2ccccc2)nc1-c1ccc(Br)cc1)C(=O)NCCCn1ccnc1. The summed E-state index contributed by atoms with van der Waals surface area (Å²) in [5, 5.41) is 17.2. The standard InChI is InChI=1S/C25H21BrN6O/c26-22-9-7-19(8-10-22)24-21(17-32(30-24)23-5-2-1-3-6-23)15-20(16-27)25(33)29-11-4-13-31-14-12-28-18-31/h1-3,5-10,12,14-15,17-18H,4,11,13H2,(H,29,33)/b20-15+. The lowest BCUT2D eigenvalue weighted by Crippen LogP contribution is -2.26. The molecular weight excluding hydrogens is 480 g/mol. The van der Waals surface area contributed by atoms with E-state index in [-0.39, 0.29) is 5.57 Å². The van der Waals surface area contributed by atoms with Gasteiger partial charge in [-0.15, -0.1) is 0 Å². The number of nitriles is 1. The number of nitrogens with one attached hydrogen (secondary N) is 1. The molecule has 0 saturated carbocycles. The van der Waals surface area contributed by atoms with Crippen LogP contribution in [-0.4, -0.2) is 31.8 Å². The average molecular weight is 501 g/mol. The number of imidazole rings is 1. The van der Waals surface area contributed by atoms with Crippen molar-refractivity contribution in [2.24, 2.45) is 0 Å². The van der Waals surface area contributed by atoms with E-state index in [4.69, 9.17) is 5.10 Å². The minimum atomic E-state index is -0.405. The molecule has 2 heterocycles. The van der Waals surface area contributed by atoms with E-state index in [1.54, 1.807) is 23.3 Å². The van der Waals surface area contributed by atoms with E-state index in [0.29, 0.717) is 17.8 Å². The molecule has 0 aliphatic heterocycles. The Labute approximate surface area is 200 Å². The van der Waals surface area contributed by atoms with Crippen LogP contribution in [0.4, 0.5) is 0 Å². The van der Waals surface area contributed by atoms with E-state index < -0.39 is 5.91 Å². The Balaban J connectivity index is 1.58. The molecule has 2 aromatic heterocycles. The van der Waals surface area contributed by atoms with Crippen LogP contribution in [0, 0.1) is 11.3 Å². The Kier molecular flexibility index (Phi) is 7.12. The summed E-state index contributed by atoms with van der Waals surface area (Å²) in [4.78, 5) is 16.7. The second-order valence-electron chi connectivity index (χ2n) is 7.30. The Morgan fingerprint density at radius 2 is 1.94 bits per heavy atom. The van der Waals surface area contributed by atoms with E-state index in [0.717, 1.165) is 28.7 Å². The molecule has 4 rings (SSSR count). The number of halogens is 1. The molecule has 0 unspecified atom stereocenters. The summed E-state index contributed by atoms with van der Waals surface area (Å²) in [6, 6.07) is 19.5. The van der Waals surface area contributed by atoms with E-state index in [1.807, 2.05) is 77.6 Å². The summed E-state index contributed by atoms with van der Waals surface area (Å²) in [6.45, 7) is 1.20. The molecule has 4 aromatic rings. The zero-order valence-corrected chi connectivity index (χ0v) is 19.3. The zero-order valence-electron chi connectivity index (χ0n) is 17.7. The second kappa shape index (κ2) is 10.6. The van der Waals surface area contributed by atoms with Gasteiger partial charge in [-0.25, -0.2) is 9.67 Å². The minimum absolute atomic E-state index is 0.0311. The quantitative estimate of drug-likeness (QED) is 0.217. The van der Waals surface area contributed by atoms with Crippen molar-refractivity contribution in [2.45, 2.75) is 13.0 Å². The van der Waals surface area contributed by atoms with E-state index in [9.17, 15) is 10.1 Å². The lowest BCUT2D eigenvalue weighted by molar-refractivity contribution is -0.117. The number of hydrogen-bond acceptors (Lipinski definition) is 4. The van der Waals surface area contributed by atoms with Crippen LogP contribution < -0.4 is 5.32 Å². The number of aromatic nitrogens is 4. The van der Waals surface area contributed by atoms with Crippen molar-refractivity contribution in [3.8, 4) is 23.0 Å². The first-order chi connectivity index (χ1) is 16.1. The van der Waals surface area contributed by atoms with Gasteiger partial charge in [-0.3, -0.25) is 4.79 Å². The number of amides is 1. The maximum absolute atomic E-state index is 12.7. The van der Waals surface area contributed by atoms with Crippen LogP contribution in [0.3, 0.4) is 0 Å². The molecule has 0 radical (unpaired) electrons. The number of aryl methyl sites for hydroxylation is 1. The van der Waals surface area contributed by atoms with Crippen LogP contribution in [0.15, 0.2) is 89.6 Å². The maximum atomic E-state index is 12.7. The first kappa shape index (κ1) is 22.2. The summed E-state index contributed by atoms with van der Waals surface area (Å²) < 4.78 is 4.65. The fraction of sp³-hybridized carbons (Fsp3) is 0.120. The van der Waals surface area contributed by atoms with Crippen molar-refractivity contribution in [1.82, 2.24) is 24.6 Å². The van der Waals surface area contributed by atoms with Crippen molar-refractivity contribution in [3.63, 3.8) is 0 Å². The predicted octanol–water partition coefficient (Wildman–Crippen LogP) is 4.61. The van der Waals surface area contributed by atoms with Gasteiger partial charge in [0.25, 0.3) is 5.91 Å². The lowest BCUT2D eigenvalue weighted by Gasteiger charge is -2.05. The van der Waals surface area contributed by atoms with Crippen molar-refractivity contribution >= 4 is 27.9 Å². The summed E-state index contributed by atoms with van der Waals surface area (Å²) in [5.74, 6) is -0.405. The Morgan fingerprint density at radius 1 is 1.15 bits per heavy atom. The first-order valence-electron chi connectivity index (χ1n) is 10.4. The van der Waals surface area contributed by atoms with E-state index in [1.165, 1.54) is 0 Å². The Bertz CT molecular complexity index is 1290. The fourth-order valence-corrected chi connectivity index (χ4v) is 3.58. The lowest BCUT2D eigenvalue weighted by atomic mass is 10.1. The molecule has 0 bridgehead atoms. The highest BCUT2D eigenvalue weighted by Crippen LogP contribution is 2.27. The first-order valence-corrected chi connectivity index (χ1v) is 11.2. The van der Waals surface area contributed by atoms with Gasteiger partial charge in [-0.05, 0) is 36.8 Å². The number of para-hydroxylation sites is 1. The van der Waals surface area contributed by atoms with Gasteiger partial charge < -0.3 is 9.88 Å². The van der Waals surface area contributed by atoms with E-state index in [2.05, 4.69) is 26.2 Å². The van der Waals surface area contributed by atoms with Gasteiger partial charge in [-0.2, -0.15) is 10.4 Å². The van der Waals surface area contributed by atoms with E-state index >= 15 is 0 Å². The molecule has 1 amide bonds. The van der Waals surface area contributed by atoms with Gasteiger partial charge >= 0.3 is 0 Å². The molecule has 8 heteroatoms. The van der Waals surface area contributed by atoms with Gasteiger partial charge in [0.05, 0.1) is 17.7 Å². The topological polar surface area (TPSA) is 88.5 Å². The molecule has 0 saturated heterocycles. The molecule has 164 valence electrons. The Hall–Kier alpha value is -3.96. The van der Waals surface area contributed by atoms with Gasteiger partial charge in [0.1, 0.15) is 11.6 Å². The van der Waals surface area contributed by atoms with Crippen LogP contribution >= 0.6 is 15.9 Å². The number of carbonyl (C=O) groups is 1. The molecule has 0 spiro atoms. The monoisotopic (exact) mass is 500 g/mol. The van der Waals surface area contributed by atoms with Gasteiger partial charge in [0.2, 0.25) is 0 Å². The second-order valence-corrected chi connectivity index (χ2v) is 8.22. The highest BCUT2D eigenvalue weighted by Gasteiger charge is 2.15. The maximum Gasteiger partial charge on any atom is 0.261 e. The highest BCUT2D eigenvalue weighted by molar-refractivity contribution is 9.10. The van der Waals surface area contributed by atoms with Crippen LogP contribution in [0.5, 0.6) is 0 Å². The van der Waals surface area contributed by atoms with Crippen LogP contribution in [0.2, 0.25) is 0 Å². The molecule has 2 aromatic carbocycles. The predicted molar refractivity (Wildman–Crippen MR) is 130 cm³/mol. The molecule has 0 aliphatic carbocycles. The average Bonchev–Trinajstić information content (AvgIpc) is 3.51. The number of benzene rings is 2. The molecule has 1 N–H and O–H groups in total. The third-order valence-corrected chi connectivity index (χ3v) is 5.51. The third-order valence-electron chi connectivity index (χ3n) is 4.98. The summed E-state index contributed by atoms with van der Waals surface area (Å²) >= 11 is 3.45. The van der Waals surface area contributed by atoms with Crippen molar-refractivity contribution in [3.05, 3.63) is 95.1 Å². The third kappa shape index (κ3) is 5.64. The summed E-state index contributed by atoms with van der Waals surface area (Å²) in [7, 11) is 0.